The van der Waals surface area contributed by atoms with Crippen molar-refractivity contribution in [2.45, 2.75) is 6.42 Å². The number of hydrogen-bond acceptors (Lipinski definition) is 3. The molecule has 4 nitrogen and oxygen atoms in total. The van der Waals surface area contributed by atoms with Crippen molar-refractivity contribution in [1.82, 2.24) is 0 Å². The maximum absolute atomic E-state index is 13.1. The van der Waals surface area contributed by atoms with E-state index in [0.717, 1.165) is 11.1 Å². The number of anilines is 1. The fourth-order valence-corrected chi connectivity index (χ4v) is 3.37. The Labute approximate surface area is 158 Å². The van der Waals surface area contributed by atoms with Gasteiger partial charge in [-0.05, 0) is 35.4 Å². The lowest BCUT2D eigenvalue weighted by molar-refractivity contribution is 0.0955. The molecule has 0 aromatic heterocycles. The molecule has 3 aromatic rings. The summed E-state index contributed by atoms with van der Waals surface area (Å²) in [4.78, 5) is 27.0. The first-order valence-electron chi connectivity index (χ1n) is 8.86. The van der Waals surface area contributed by atoms with Crippen LogP contribution in [0.2, 0.25) is 0 Å². The molecule has 1 heterocycles. The number of carbonyl (C=O) groups excluding carboxylic acids is 2. The molecule has 1 aliphatic rings. The van der Waals surface area contributed by atoms with E-state index in [4.69, 9.17) is 4.74 Å². The summed E-state index contributed by atoms with van der Waals surface area (Å²) >= 11 is 0. The van der Waals surface area contributed by atoms with Crippen molar-refractivity contribution in [3.63, 3.8) is 0 Å². The summed E-state index contributed by atoms with van der Waals surface area (Å²) in [7, 11) is 1.57. The Bertz CT molecular complexity index is 994. The van der Waals surface area contributed by atoms with Gasteiger partial charge in [0.05, 0.1) is 12.8 Å². The van der Waals surface area contributed by atoms with Gasteiger partial charge in [0.15, 0.2) is 5.78 Å². The van der Waals surface area contributed by atoms with Gasteiger partial charge < -0.3 is 9.64 Å². The summed E-state index contributed by atoms with van der Waals surface area (Å²) in [6.45, 7) is 0.373. The number of methoxy groups -OCH3 is 1. The van der Waals surface area contributed by atoms with Gasteiger partial charge in [-0.3, -0.25) is 9.59 Å². The monoisotopic (exact) mass is 357 g/mol. The lowest BCUT2D eigenvalue weighted by atomic mass is 9.98. The average Bonchev–Trinajstić information content (AvgIpc) is 2.74. The molecule has 0 bridgehead atoms. The highest BCUT2D eigenvalue weighted by Crippen LogP contribution is 2.32. The summed E-state index contributed by atoms with van der Waals surface area (Å²) < 4.78 is 5.26. The van der Waals surface area contributed by atoms with Crippen LogP contribution >= 0.6 is 0 Å². The van der Waals surface area contributed by atoms with Gasteiger partial charge >= 0.3 is 0 Å². The predicted octanol–water partition coefficient (Wildman–Crippen LogP) is 4.60. The highest BCUT2D eigenvalue weighted by molar-refractivity contribution is 6.13. The van der Waals surface area contributed by atoms with E-state index < -0.39 is 0 Å². The summed E-state index contributed by atoms with van der Waals surface area (Å²) in [5.74, 6) is 0.563. The highest BCUT2D eigenvalue weighted by Gasteiger charge is 2.28. The predicted molar refractivity (Wildman–Crippen MR) is 105 cm³/mol. The Morgan fingerprint density at radius 2 is 1.63 bits per heavy atom. The molecule has 0 atom stereocenters. The van der Waals surface area contributed by atoms with Crippen molar-refractivity contribution in [3.05, 3.63) is 83.9 Å². The van der Waals surface area contributed by atoms with Crippen LogP contribution in [0.5, 0.6) is 5.75 Å². The highest BCUT2D eigenvalue weighted by atomic mass is 16.5. The Morgan fingerprint density at radius 1 is 0.926 bits per heavy atom. The van der Waals surface area contributed by atoms with E-state index in [0.29, 0.717) is 35.5 Å². The normalized spacial score (nSPS) is 13.2. The number of ether oxygens (including phenoxy) is 1. The van der Waals surface area contributed by atoms with Gasteiger partial charge in [0, 0.05) is 30.2 Å². The molecule has 3 aromatic carbocycles. The Balaban J connectivity index is 1.66. The summed E-state index contributed by atoms with van der Waals surface area (Å²) in [5, 5.41) is 0. The van der Waals surface area contributed by atoms with E-state index in [-0.39, 0.29) is 11.7 Å². The van der Waals surface area contributed by atoms with E-state index in [1.54, 1.807) is 30.2 Å². The van der Waals surface area contributed by atoms with Gasteiger partial charge in [0.1, 0.15) is 5.75 Å². The zero-order valence-corrected chi connectivity index (χ0v) is 15.0. The van der Waals surface area contributed by atoms with Crippen LogP contribution < -0.4 is 9.64 Å². The Hall–Kier alpha value is -3.40. The second-order valence-electron chi connectivity index (χ2n) is 6.46. The van der Waals surface area contributed by atoms with Gasteiger partial charge in [-0.2, -0.15) is 0 Å². The zero-order chi connectivity index (χ0) is 18.8. The minimum Gasteiger partial charge on any atom is -0.497 e. The number of Topliss-reactive ketones (excluding diaryl/α,β-unsaturated/α-hetero) is 1. The molecule has 0 radical (unpaired) electrons. The minimum absolute atomic E-state index is 0.0520. The van der Waals surface area contributed by atoms with Crippen LogP contribution in [0, 0.1) is 0 Å². The molecule has 4 heteroatoms. The molecule has 134 valence electrons. The maximum atomic E-state index is 13.1. The molecule has 0 saturated heterocycles. The average molecular weight is 357 g/mol. The topological polar surface area (TPSA) is 46.6 Å². The third-order valence-electron chi connectivity index (χ3n) is 4.84. The molecule has 27 heavy (non-hydrogen) atoms. The van der Waals surface area contributed by atoms with Crippen molar-refractivity contribution < 1.29 is 14.3 Å². The molecule has 0 unspecified atom stereocenters. The number of carbonyl (C=O) groups is 2. The number of amides is 1. The van der Waals surface area contributed by atoms with Gasteiger partial charge in [-0.15, -0.1) is 0 Å². The summed E-state index contributed by atoms with van der Waals surface area (Å²) in [6.07, 6.45) is 0.327. The fraction of sp³-hybridized carbons (Fsp3) is 0.130. The number of ketones is 1. The summed E-state index contributed by atoms with van der Waals surface area (Å²) in [6, 6.07) is 22.8. The molecule has 0 N–H and O–H groups in total. The van der Waals surface area contributed by atoms with Crippen LogP contribution in [-0.2, 0) is 0 Å². The smallest absolute Gasteiger partial charge is 0.258 e. The molecule has 1 amide bonds. The SMILES string of the molecule is COc1ccc2c(c1)N(C(=O)c1ccc(-c3ccccc3)cc1)CCC2=O. The van der Waals surface area contributed by atoms with Crippen molar-refractivity contribution in [1.29, 1.82) is 0 Å². The first-order chi connectivity index (χ1) is 13.2. The van der Waals surface area contributed by atoms with E-state index >= 15 is 0 Å². The number of hydrogen-bond donors (Lipinski definition) is 0. The van der Waals surface area contributed by atoms with E-state index in [9.17, 15) is 9.59 Å². The second kappa shape index (κ2) is 7.08. The minimum atomic E-state index is -0.114. The third-order valence-corrected chi connectivity index (χ3v) is 4.84. The number of rotatable bonds is 3. The van der Waals surface area contributed by atoms with Crippen LogP contribution in [0.15, 0.2) is 72.8 Å². The molecule has 0 aliphatic carbocycles. The largest absolute Gasteiger partial charge is 0.497 e. The summed E-state index contributed by atoms with van der Waals surface area (Å²) in [5.41, 5.74) is 3.94. The number of benzene rings is 3. The van der Waals surface area contributed by atoms with Crippen LogP contribution in [-0.4, -0.2) is 25.3 Å². The molecule has 1 aliphatic heterocycles. The second-order valence-corrected chi connectivity index (χ2v) is 6.46. The van der Waals surface area contributed by atoms with Gasteiger partial charge in [0.2, 0.25) is 0 Å². The van der Waals surface area contributed by atoms with Crippen molar-refractivity contribution in [2.75, 3.05) is 18.6 Å². The quantitative estimate of drug-likeness (QED) is 0.688. The molecular formula is C23H19NO3. The first-order valence-corrected chi connectivity index (χ1v) is 8.86. The van der Waals surface area contributed by atoms with Crippen LogP contribution in [0.4, 0.5) is 5.69 Å². The van der Waals surface area contributed by atoms with Crippen LogP contribution in [0.25, 0.3) is 11.1 Å². The van der Waals surface area contributed by atoms with Gasteiger partial charge in [-0.25, -0.2) is 0 Å². The van der Waals surface area contributed by atoms with E-state index in [1.165, 1.54) is 0 Å². The zero-order valence-electron chi connectivity index (χ0n) is 15.0. The number of fused-ring (bicyclic) bond motifs is 1. The molecular weight excluding hydrogens is 338 g/mol. The van der Waals surface area contributed by atoms with Crippen LogP contribution in [0.1, 0.15) is 27.1 Å². The number of nitrogens with zero attached hydrogens (tertiary/aromatic N) is 1. The molecule has 0 fully saturated rings. The fourth-order valence-electron chi connectivity index (χ4n) is 3.37. The van der Waals surface area contributed by atoms with Crippen molar-refractivity contribution in [2.24, 2.45) is 0 Å². The molecule has 4 rings (SSSR count). The van der Waals surface area contributed by atoms with E-state index in [1.807, 2.05) is 54.6 Å². The third kappa shape index (κ3) is 3.22. The van der Waals surface area contributed by atoms with Gasteiger partial charge in [0.25, 0.3) is 5.91 Å². The molecule has 0 saturated carbocycles. The van der Waals surface area contributed by atoms with Gasteiger partial charge in [-0.1, -0.05) is 42.5 Å². The lowest BCUT2D eigenvalue weighted by Gasteiger charge is -2.29. The van der Waals surface area contributed by atoms with E-state index in [2.05, 4.69) is 0 Å². The maximum Gasteiger partial charge on any atom is 0.258 e. The molecule has 0 spiro atoms. The van der Waals surface area contributed by atoms with Crippen molar-refractivity contribution in [3.8, 4) is 16.9 Å². The van der Waals surface area contributed by atoms with Crippen molar-refractivity contribution >= 4 is 17.4 Å². The Morgan fingerprint density at radius 3 is 2.33 bits per heavy atom. The first kappa shape index (κ1) is 17.0. The standard InChI is InChI=1S/C23H19NO3/c1-27-19-11-12-20-21(15-19)24(14-13-22(20)25)23(26)18-9-7-17(8-10-18)16-5-3-2-4-6-16/h2-12,15H,13-14H2,1H3. The Kier molecular flexibility index (Phi) is 4.47. The lowest BCUT2D eigenvalue weighted by Crippen LogP contribution is -2.37. The van der Waals surface area contributed by atoms with Crippen LogP contribution in [0.3, 0.4) is 0 Å².